The molecule has 0 amide bonds. The number of benzene rings is 1. The summed E-state index contributed by atoms with van der Waals surface area (Å²) in [7, 11) is 0. The lowest BCUT2D eigenvalue weighted by Gasteiger charge is -2.10. The minimum atomic E-state index is -0.344. The van der Waals surface area contributed by atoms with Gasteiger partial charge in [-0.15, -0.1) is 11.3 Å². The zero-order valence-electron chi connectivity index (χ0n) is 15.1. The zero-order chi connectivity index (χ0) is 18.5. The molecule has 0 unspecified atom stereocenters. The minimum absolute atomic E-state index is 0.234. The summed E-state index contributed by atoms with van der Waals surface area (Å²) in [5, 5.41) is 1.95. The first-order chi connectivity index (χ1) is 13.1. The molecule has 136 valence electrons. The van der Waals surface area contributed by atoms with E-state index in [4.69, 9.17) is 9.15 Å². The normalized spacial score (nSPS) is 13.6. The first-order valence-corrected chi connectivity index (χ1v) is 9.92. The molecule has 1 aliphatic carbocycles. The van der Waals surface area contributed by atoms with Crippen LogP contribution in [0.1, 0.15) is 42.2 Å². The summed E-state index contributed by atoms with van der Waals surface area (Å²) in [5.41, 5.74) is 2.49. The van der Waals surface area contributed by atoms with Crippen molar-refractivity contribution in [3.63, 3.8) is 0 Å². The van der Waals surface area contributed by atoms with Crippen LogP contribution in [0.4, 0.5) is 0 Å². The van der Waals surface area contributed by atoms with Crippen molar-refractivity contribution in [1.29, 1.82) is 0 Å². The van der Waals surface area contributed by atoms with E-state index < -0.39 is 0 Å². The quantitative estimate of drug-likeness (QED) is 0.458. The second-order valence-electron chi connectivity index (χ2n) is 7.15. The van der Waals surface area contributed by atoms with Crippen LogP contribution in [0.25, 0.3) is 21.2 Å². The number of fused-ring (bicyclic) bond motifs is 4. The molecule has 6 heteroatoms. The summed E-state index contributed by atoms with van der Waals surface area (Å²) in [4.78, 5) is 23.1. The van der Waals surface area contributed by atoms with Crippen molar-refractivity contribution < 1.29 is 9.15 Å². The number of aromatic nitrogens is 2. The predicted molar refractivity (Wildman–Crippen MR) is 106 cm³/mol. The Morgan fingerprint density at radius 3 is 2.93 bits per heavy atom. The zero-order valence-corrected chi connectivity index (χ0v) is 15.9. The molecule has 3 heterocycles. The van der Waals surface area contributed by atoms with Gasteiger partial charge < -0.3 is 9.15 Å². The molecule has 5 nitrogen and oxygen atoms in total. The van der Waals surface area contributed by atoms with Crippen molar-refractivity contribution in [3.8, 4) is 11.6 Å². The first kappa shape index (κ1) is 16.4. The standard InChI is InChI=1S/C21H18N2O3S/c1-11(2)15-9-18(24)26-16-8-12(6-7-13(15)16)25-20-19-14-4-3-5-17(14)27-21(19)23-10-22-20/h6-11H,3-5H2,1-2H3. The maximum atomic E-state index is 11.9. The van der Waals surface area contributed by atoms with Gasteiger partial charge in [-0.05, 0) is 48.4 Å². The van der Waals surface area contributed by atoms with E-state index in [1.54, 1.807) is 29.8 Å². The lowest BCUT2D eigenvalue weighted by Crippen LogP contribution is -2.02. The summed E-state index contributed by atoms with van der Waals surface area (Å²) in [6, 6.07) is 7.17. The Hall–Kier alpha value is -2.73. The van der Waals surface area contributed by atoms with E-state index in [1.165, 1.54) is 16.9 Å². The lowest BCUT2D eigenvalue weighted by atomic mass is 10.00. The number of ether oxygens (including phenoxy) is 1. The highest BCUT2D eigenvalue weighted by Gasteiger charge is 2.22. The van der Waals surface area contributed by atoms with Gasteiger partial charge in [0.1, 0.15) is 22.5 Å². The molecule has 0 fully saturated rings. The molecule has 27 heavy (non-hydrogen) atoms. The lowest BCUT2D eigenvalue weighted by molar-refractivity contribution is 0.466. The van der Waals surface area contributed by atoms with Crippen molar-refractivity contribution in [1.82, 2.24) is 9.97 Å². The number of hydrogen-bond donors (Lipinski definition) is 0. The van der Waals surface area contributed by atoms with Crippen molar-refractivity contribution in [2.24, 2.45) is 0 Å². The van der Waals surface area contributed by atoms with Crippen LogP contribution in [-0.4, -0.2) is 9.97 Å². The molecule has 3 aromatic heterocycles. The third kappa shape index (κ3) is 2.72. The fourth-order valence-corrected chi connectivity index (χ4v) is 5.02. The summed E-state index contributed by atoms with van der Waals surface area (Å²) in [6.45, 7) is 4.13. The number of rotatable bonds is 3. The minimum Gasteiger partial charge on any atom is -0.438 e. The molecule has 0 aliphatic heterocycles. The van der Waals surface area contributed by atoms with Crippen LogP contribution in [0.3, 0.4) is 0 Å². The SMILES string of the molecule is CC(C)c1cc(=O)oc2cc(Oc3ncnc4sc5c(c34)CCC5)ccc12. The van der Waals surface area contributed by atoms with Crippen molar-refractivity contribution >= 4 is 32.5 Å². The van der Waals surface area contributed by atoms with Gasteiger partial charge in [-0.25, -0.2) is 14.8 Å². The van der Waals surface area contributed by atoms with E-state index in [-0.39, 0.29) is 11.5 Å². The topological polar surface area (TPSA) is 65.2 Å². The van der Waals surface area contributed by atoms with Gasteiger partial charge in [-0.1, -0.05) is 13.8 Å². The number of hydrogen-bond acceptors (Lipinski definition) is 6. The highest BCUT2D eigenvalue weighted by molar-refractivity contribution is 7.18. The molecule has 0 spiro atoms. The second kappa shape index (κ2) is 6.16. The van der Waals surface area contributed by atoms with E-state index in [2.05, 4.69) is 23.8 Å². The van der Waals surface area contributed by atoms with Gasteiger partial charge in [0.05, 0.1) is 5.39 Å². The Morgan fingerprint density at radius 2 is 2.07 bits per heavy atom. The van der Waals surface area contributed by atoms with Crippen LogP contribution < -0.4 is 10.4 Å². The monoisotopic (exact) mass is 378 g/mol. The van der Waals surface area contributed by atoms with E-state index >= 15 is 0 Å². The van der Waals surface area contributed by atoms with Crippen LogP contribution in [-0.2, 0) is 12.8 Å². The van der Waals surface area contributed by atoms with Gasteiger partial charge in [0.15, 0.2) is 0 Å². The summed E-state index contributed by atoms with van der Waals surface area (Å²) >= 11 is 1.73. The fraction of sp³-hybridized carbons (Fsp3) is 0.286. The molecule has 0 radical (unpaired) electrons. The summed E-state index contributed by atoms with van der Waals surface area (Å²) in [5.74, 6) is 1.41. The van der Waals surface area contributed by atoms with Gasteiger partial charge in [0, 0.05) is 22.4 Å². The molecule has 0 bridgehead atoms. The Bertz CT molecular complexity index is 1240. The van der Waals surface area contributed by atoms with Gasteiger partial charge in [0.25, 0.3) is 0 Å². The molecule has 0 saturated carbocycles. The molecule has 0 atom stereocenters. The maximum Gasteiger partial charge on any atom is 0.336 e. The van der Waals surface area contributed by atoms with Crippen LogP contribution in [0, 0.1) is 0 Å². The first-order valence-electron chi connectivity index (χ1n) is 9.11. The van der Waals surface area contributed by atoms with Crippen molar-refractivity contribution in [2.75, 3.05) is 0 Å². The Kier molecular flexibility index (Phi) is 3.75. The molecular formula is C21H18N2O3S. The Balaban J connectivity index is 1.61. The van der Waals surface area contributed by atoms with E-state index in [0.717, 1.165) is 34.0 Å². The molecule has 4 aromatic rings. The van der Waals surface area contributed by atoms with E-state index in [0.29, 0.717) is 17.2 Å². The highest BCUT2D eigenvalue weighted by atomic mass is 32.1. The molecule has 5 rings (SSSR count). The van der Waals surface area contributed by atoms with Crippen LogP contribution in [0.15, 0.2) is 39.8 Å². The molecule has 0 N–H and O–H groups in total. The smallest absolute Gasteiger partial charge is 0.336 e. The van der Waals surface area contributed by atoms with Gasteiger partial charge in [-0.2, -0.15) is 0 Å². The summed E-state index contributed by atoms with van der Waals surface area (Å²) < 4.78 is 11.5. The highest BCUT2D eigenvalue weighted by Crippen LogP contribution is 2.41. The second-order valence-corrected chi connectivity index (χ2v) is 8.24. The van der Waals surface area contributed by atoms with E-state index in [1.807, 2.05) is 12.1 Å². The Labute approximate surface area is 159 Å². The third-order valence-corrected chi connectivity index (χ3v) is 6.25. The largest absolute Gasteiger partial charge is 0.438 e. The fourth-order valence-electron chi connectivity index (χ4n) is 3.80. The van der Waals surface area contributed by atoms with Crippen LogP contribution >= 0.6 is 11.3 Å². The number of aryl methyl sites for hydroxylation is 2. The number of thiophene rings is 1. The Morgan fingerprint density at radius 1 is 1.19 bits per heavy atom. The van der Waals surface area contributed by atoms with Crippen molar-refractivity contribution in [2.45, 2.75) is 39.0 Å². The molecule has 0 saturated heterocycles. The van der Waals surface area contributed by atoms with Crippen LogP contribution in [0.5, 0.6) is 11.6 Å². The molecule has 1 aromatic carbocycles. The summed E-state index contributed by atoms with van der Waals surface area (Å²) in [6.07, 6.45) is 4.87. The van der Waals surface area contributed by atoms with Crippen molar-refractivity contribution in [3.05, 3.63) is 57.0 Å². The molecule has 1 aliphatic rings. The predicted octanol–water partition coefficient (Wildman–Crippen LogP) is 5.20. The van der Waals surface area contributed by atoms with Gasteiger partial charge in [-0.3, -0.25) is 0 Å². The average molecular weight is 378 g/mol. The van der Waals surface area contributed by atoms with Gasteiger partial charge >= 0.3 is 5.63 Å². The third-order valence-electron chi connectivity index (χ3n) is 5.05. The maximum absolute atomic E-state index is 11.9. The number of nitrogens with zero attached hydrogens (tertiary/aromatic N) is 2. The molecular weight excluding hydrogens is 360 g/mol. The van der Waals surface area contributed by atoms with Gasteiger partial charge in [0.2, 0.25) is 5.88 Å². The van der Waals surface area contributed by atoms with E-state index in [9.17, 15) is 4.79 Å². The van der Waals surface area contributed by atoms with Crippen LogP contribution in [0.2, 0.25) is 0 Å². The average Bonchev–Trinajstić information content (AvgIpc) is 3.21.